The van der Waals surface area contributed by atoms with Crippen LogP contribution in [0.3, 0.4) is 0 Å². The summed E-state index contributed by atoms with van der Waals surface area (Å²) in [6.45, 7) is 2.85. The van der Waals surface area contributed by atoms with Crippen molar-refractivity contribution in [2.24, 2.45) is 0 Å². The average Bonchev–Trinajstić information content (AvgIpc) is 0.852. The lowest BCUT2D eigenvalue weighted by molar-refractivity contribution is -0.359. The maximum Gasteiger partial charge on any atom is 0.220 e. The van der Waals surface area contributed by atoms with Gasteiger partial charge in [0.25, 0.3) is 0 Å². The third-order valence-corrected chi connectivity index (χ3v) is 19.6. The van der Waals surface area contributed by atoms with E-state index < -0.39 is 86.8 Å². The third-order valence-electron chi connectivity index (χ3n) is 19.6. The Hall–Kier alpha value is -1.79. The highest BCUT2D eigenvalue weighted by Crippen LogP contribution is 2.30. The monoisotopic (exact) mass is 1320 g/mol. The number of rotatable bonds is 67. The number of carbonyl (C=O) groups is 1. The molecule has 2 aliphatic rings. The van der Waals surface area contributed by atoms with Crippen molar-refractivity contribution in [3.63, 3.8) is 0 Å². The van der Waals surface area contributed by atoms with Gasteiger partial charge in [-0.05, 0) is 51.4 Å². The molecule has 0 aromatic rings. The molecule has 0 radical (unpaired) electrons. The molecular weight excluding hydrogens is 1170 g/mol. The summed E-state index contributed by atoms with van der Waals surface area (Å²) >= 11 is 0. The van der Waals surface area contributed by atoms with Crippen LogP contribution < -0.4 is 5.32 Å². The molecule has 2 heterocycles. The van der Waals surface area contributed by atoms with E-state index in [1.54, 1.807) is 6.08 Å². The van der Waals surface area contributed by atoms with Gasteiger partial charge in [-0.15, -0.1) is 0 Å². The van der Waals surface area contributed by atoms with Crippen molar-refractivity contribution in [3.05, 3.63) is 36.5 Å². The molecule has 12 unspecified atom stereocenters. The molecule has 14 nitrogen and oxygen atoms in total. The topological polar surface area (TPSA) is 228 Å². The van der Waals surface area contributed by atoms with Gasteiger partial charge in [0.15, 0.2) is 12.6 Å². The van der Waals surface area contributed by atoms with E-state index in [0.717, 1.165) is 44.9 Å². The number of aliphatic hydroxyl groups excluding tert-OH is 8. The molecule has 0 bridgehead atoms. The fourth-order valence-corrected chi connectivity index (χ4v) is 13.3. The van der Waals surface area contributed by atoms with Gasteiger partial charge in [0.05, 0.1) is 32.0 Å². The molecule has 9 N–H and O–H groups in total. The number of hydrogen-bond donors (Lipinski definition) is 9. The van der Waals surface area contributed by atoms with E-state index in [1.807, 2.05) is 6.08 Å². The van der Waals surface area contributed by atoms with Crippen molar-refractivity contribution < 1.29 is 64.6 Å². The highest BCUT2D eigenvalue weighted by Gasteiger charge is 2.51. The first-order valence-electron chi connectivity index (χ1n) is 39.7. The van der Waals surface area contributed by atoms with Crippen LogP contribution in [0.5, 0.6) is 0 Å². The van der Waals surface area contributed by atoms with E-state index >= 15 is 0 Å². The predicted molar refractivity (Wildman–Crippen MR) is 383 cm³/mol. The predicted octanol–water partition coefficient (Wildman–Crippen LogP) is 17.6. The molecule has 14 heteroatoms. The minimum absolute atomic E-state index is 0.231. The van der Waals surface area contributed by atoms with Crippen LogP contribution in [0.1, 0.15) is 367 Å². The Morgan fingerprint density at radius 2 is 0.710 bits per heavy atom. The van der Waals surface area contributed by atoms with E-state index in [2.05, 4.69) is 43.5 Å². The Labute approximate surface area is 570 Å². The van der Waals surface area contributed by atoms with Crippen LogP contribution >= 0.6 is 0 Å². The minimum Gasteiger partial charge on any atom is -0.394 e. The molecule has 1 amide bonds. The van der Waals surface area contributed by atoms with Gasteiger partial charge in [0.2, 0.25) is 5.91 Å². The second-order valence-corrected chi connectivity index (χ2v) is 28.2. The van der Waals surface area contributed by atoms with E-state index in [4.69, 9.17) is 18.9 Å². The van der Waals surface area contributed by atoms with Crippen molar-refractivity contribution >= 4 is 5.91 Å². The number of aliphatic hydroxyl groups is 8. The standard InChI is InChI=1S/C79H149NO13/c1-3-5-7-9-11-13-15-17-19-21-23-25-27-29-31-32-33-34-35-36-37-39-41-43-45-47-49-51-53-55-57-59-61-63-71(84)80-67(66-90-78-76(89)74(87)77(70(65-82)92-78)93-79-75(88)73(86)72(85)69(64-81)91-79)68(83)62-60-58-56-54-52-50-48-46-44-42-40-38-30-28-26-24-22-20-18-16-14-12-10-8-6-4-2/h15,17,21,23,60,62,67-70,72-79,81-83,85-89H,3-14,16,18-20,22,24-59,61,63-66H2,1-2H3,(H,80,84)/b17-15-,23-21-,62-60+. The number of unbranched alkanes of at least 4 members (excludes halogenated alkanes) is 50. The van der Waals surface area contributed by atoms with Crippen molar-refractivity contribution in [2.45, 2.75) is 441 Å². The van der Waals surface area contributed by atoms with Crippen LogP contribution in [0, 0.1) is 0 Å². The second-order valence-electron chi connectivity index (χ2n) is 28.2. The zero-order valence-corrected chi connectivity index (χ0v) is 60.0. The molecule has 0 spiro atoms. The summed E-state index contributed by atoms with van der Waals surface area (Å²) < 4.78 is 22.9. The van der Waals surface area contributed by atoms with Crippen LogP contribution in [0.15, 0.2) is 36.5 Å². The largest absolute Gasteiger partial charge is 0.394 e. The molecule has 2 aliphatic heterocycles. The Morgan fingerprint density at radius 1 is 0.387 bits per heavy atom. The number of amides is 1. The molecule has 93 heavy (non-hydrogen) atoms. The Bertz CT molecular complexity index is 1700. The lowest BCUT2D eigenvalue weighted by atomic mass is 9.97. The van der Waals surface area contributed by atoms with E-state index in [-0.39, 0.29) is 18.9 Å². The molecule has 0 aromatic heterocycles. The smallest absolute Gasteiger partial charge is 0.220 e. The molecule has 0 saturated carbocycles. The summed E-state index contributed by atoms with van der Waals surface area (Å²) in [4.78, 5) is 13.4. The van der Waals surface area contributed by atoms with Gasteiger partial charge >= 0.3 is 0 Å². The second kappa shape index (κ2) is 63.6. The van der Waals surface area contributed by atoms with Crippen LogP contribution in [0.4, 0.5) is 0 Å². The first-order valence-corrected chi connectivity index (χ1v) is 39.7. The summed E-state index contributed by atoms with van der Waals surface area (Å²) in [5.41, 5.74) is 0. The zero-order chi connectivity index (χ0) is 67.3. The lowest BCUT2D eigenvalue weighted by Gasteiger charge is -2.46. The quantitative estimate of drug-likeness (QED) is 0.0204. The van der Waals surface area contributed by atoms with E-state index in [1.165, 1.54) is 295 Å². The van der Waals surface area contributed by atoms with Crippen molar-refractivity contribution in [3.8, 4) is 0 Å². The summed E-state index contributed by atoms with van der Waals surface area (Å²) in [6.07, 6.45) is 66.5. The number of hydrogen-bond acceptors (Lipinski definition) is 13. The molecular formula is C79H149NO13. The van der Waals surface area contributed by atoms with Crippen molar-refractivity contribution in [2.75, 3.05) is 19.8 Å². The molecule has 548 valence electrons. The molecule has 0 aliphatic carbocycles. The molecule has 2 saturated heterocycles. The molecule has 2 fully saturated rings. The van der Waals surface area contributed by atoms with E-state index in [9.17, 15) is 45.6 Å². The van der Waals surface area contributed by atoms with Gasteiger partial charge in [-0.25, -0.2) is 0 Å². The van der Waals surface area contributed by atoms with Crippen LogP contribution in [-0.2, 0) is 23.7 Å². The highest BCUT2D eigenvalue weighted by molar-refractivity contribution is 5.76. The first-order chi connectivity index (χ1) is 45.6. The van der Waals surface area contributed by atoms with Crippen LogP contribution in [-0.4, -0.2) is 140 Å². The highest BCUT2D eigenvalue weighted by atomic mass is 16.7. The molecule has 12 atom stereocenters. The Kier molecular flexibility index (Phi) is 59.7. The van der Waals surface area contributed by atoms with Gasteiger partial charge in [0.1, 0.15) is 48.8 Å². The average molecular weight is 1320 g/mol. The summed E-state index contributed by atoms with van der Waals surface area (Å²) in [5.74, 6) is -0.231. The van der Waals surface area contributed by atoms with Gasteiger partial charge in [0, 0.05) is 6.42 Å². The fourth-order valence-electron chi connectivity index (χ4n) is 13.3. The number of allylic oxidation sites excluding steroid dienone is 5. The van der Waals surface area contributed by atoms with Crippen molar-refractivity contribution in [1.82, 2.24) is 5.32 Å². The first kappa shape index (κ1) is 87.3. The third kappa shape index (κ3) is 47.0. The van der Waals surface area contributed by atoms with Crippen molar-refractivity contribution in [1.29, 1.82) is 0 Å². The minimum atomic E-state index is -1.79. The van der Waals surface area contributed by atoms with Gasteiger partial charge in [-0.1, -0.05) is 346 Å². The molecule has 0 aromatic carbocycles. The normalized spacial score (nSPS) is 22.7. The zero-order valence-electron chi connectivity index (χ0n) is 60.0. The maximum absolute atomic E-state index is 13.4. The SMILES string of the molecule is CCCCCCC/C=C\C/C=C\CCCCCCCCCCCCCCCCCCCCCCCC(=O)NC(COC1OC(CO)C(OC2OC(CO)C(O)C(O)C2O)C(O)C1O)C(O)/C=C/CCCCCCCCCCCCCCCCCCCCCCCCCC. The Balaban J connectivity index is 1.62. The van der Waals surface area contributed by atoms with Gasteiger partial charge in [-0.2, -0.15) is 0 Å². The molecule has 2 rings (SSSR count). The summed E-state index contributed by atoms with van der Waals surface area (Å²) in [5, 5.41) is 87.7. The van der Waals surface area contributed by atoms with Gasteiger partial charge < -0.3 is 65.1 Å². The van der Waals surface area contributed by atoms with E-state index in [0.29, 0.717) is 6.42 Å². The van der Waals surface area contributed by atoms with Crippen LogP contribution in [0.25, 0.3) is 0 Å². The Morgan fingerprint density at radius 3 is 1.08 bits per heavy atom. The van der Waals surface area contributed by atoms with Crippen LogP contribution in [0.2, 0.25) is 0 Å². The lowest BCUT2D eigenvalue weighted by Crippen LogP contribution is -2.65. The number of carbonyl (C=O) groups excluding carboxylic acids is 1. The summed E-state index contributed by atoms with van der Waals surface area (Å²) in [6, 6.07) is -0.915. The summed E-state index contributed by atoms with van der Waals surface area (Å²) in [7, 11) is 0. The van der Waals surface area contributed by atoms with Gasteiger partial charge in [-0.3, -0.25) is 4.79 Å². The maximum atomic E-state index is 13.4. The fraction of sp³-hybridized carbons (Fsp3) is 0.911. The number of ether oxygens (including phenoxy) is 4. The number of nitrogens with one attached hydrogen (secondary N) is 1.